The number of hydrogen-bond acceptors (Lipinski definition) is 5. The van der Waals surface area contributed by atoms with Crippen LogP contribution in [0, 0.1) is 6.92 Å². The number of rotatable bonds is 3. The first kappa shape index (κ1) is 20.1. The molecule has 2 amide bonds. The molecule has 152 valence electrons. The minimum Gasteiger partial charge on any atom is -0.444 e. The average molecular weight is 387 g/mol. The molecule has 1 atom stereocenters. The lowest BCUT2D eigenvalue weighted by molar-refractivity contribution is -0.131. The van der Waals surface area contributed by atoms with Crippen LogP contribution in [-0.2, 0) is 16.6 Å². The Labute approximate surface area is 165 Å². The number of likely N-dealkylation sites (tertiary alicyclic amines) is 1. The number of carbonyl (C=O) groups excluding carboxylic acids is 2. The first-order chi connectivity index (χ1) is 13.1. The van der Waals surface area contributed by atoms with E-state index >= 15 is 0 Å². The Morgan fingerprint density at radius 3 is 2.79 bits per heavy atom. The number of alkyl carbamates (subject to hydrolysis) is 1. The summed E-state index contributed by atoms with van der Waals surface area (Å²) in [5, 5.41) is 8.02. The van der Waals surface area contributed by atoms with E-state index in [1.807, 2.05) is 20.0 Å². The zero-order valence-corrected chi connectivity index (χ0v) is 17.3. The van der Waals surface area contributed by atoms with Crippen molar-refractivity contribution >= 4 is 23.0 Å². The summed E-state index contributed by atoms with van der Waals surface area (Å²) < 4.78 is 6.98. The van der Waals surface area contributed by atoms with E-state index in [0.29, 0.717) is 13.1 Å². The number of hydrogen-bond donors (Lipinski definition) is 1. The maximum absolute atomic E-state index is 12.5. The van der Waals surface area contributed by atoms with Gasteiger partial charge in [0, 0.05) is 37.1 Å². The van der Waals surface area contributed by atoms with Crippen molar-refractivity contribution in [3.05, 3.63) is 23.5 Å². The first-order valence-electron chi connectivity index (χ1n) is 9.69. The number of aryl methyl sites for hydroxylation is 2. The van der Waals surface area contributed by atoms with Gasteiger partial charge < -0.3 is 15.0 Å². The van der Waals surface area contributed by atoms with E-state index in [1.165, 1.54) is 0 Å². The van der Waals surface area contributed by atoms with Crippen molar-refractivity contribution in [1.29, 1.82) is 0 Å². The van der Waals surface area contributed by atoms with Gasteiger partial charge in [-0.2, -0.15) is 5.10 Å². The van der Waals surface area contributed by atoms with Crippen molar-refractivity contribution < 1.29 is 14.3 Å². The third-order valence-electron chi connectivity index (χ3n) is 4.87. The lowest BCUT2D eigenvalue weighted by atomic mass is 9.94. The Morgan fingerprint density at radius 2 is 2.07 bits per heavy atom. The highest BCUT2D eigenvalue weighted by Crippen LogP contribution is 2.27. The molecule has 0 aliphatic carbocycles. The van der Waals surface area contributed by atoms with Gasteiger partial charge in [-0.15, -0.1) is 0 Å². The molecule has 1 aliphatic heterocycles. The van der Waals surface area contributed by atoms with Gasteiger partial charge in [-0.25, -0.2) is 9.78 Å². The summed E-state index contributed by atoms with van der Waals surface area (Å²) in [5.41, 5.74) is 2.22. The maximum Gasteiger partial charge on any atom is 0.408 e. The van der Waals surface area contributed by atoms with Crippen molar-refractivity contribution in [3.63, 3.8) is 0 Å². The van der Waals surface area contributed by atoms with Gasteiger partial charge in [-0.1, -0.05) is 0 Å². The van der Waals surface area contributed by atoms with Crippen LogP contribution in [0.5, 0.6) is 0 Å². The van der Waals surface area contributed by atoms with Crippen LogP contribution in [0.4, 0.5) is 4.79 Å². The minimum absolute atomic E-state index is 0.0605. The van der Waals surface area contributed by atoms with Crippen molar-refractivity contribution in [3.8, 4) is 0 Å². The van der Waals surface area contributed by atoms with E-state index in [9.17, 15) is 9.59 Å². The average Bonchev–Trinajstić information content (AvgIpc) is 2.92. The van der Waals surface area contributed by atoms with E-state index < -0.39 is 11.7 Å². The molecule has 0 bridgehead atoms. The summed E-state index contributed by atoms with van der Waals surface area (Å²) in [4.78, 5) is 30.9. The highest BCUT2D eigenvalue weighted by Gasteiger charge is 2.26. The van der Waals surface area contributed by atoms with Crippen molar-refractivity contribution in [1.82, 2.24) is 25.0 Å². The molecule has 0 radical (unpaired) electrons. The first-order valence-corrected chi connectivity index (χ1v) is 9.69. The molecule has 3 rings (SSSR count). The molecule has 0 aromatic carbocycles. The fourth-order valence-corrected chi connectivity index (χ4v) is 3.56. The smallest absolute Gasteiger partial charge is 0.408 e. The van der Waals surface area contributed by atoms with Crippen LogP contribution >= 0.6 is 0 Å². The third-order valence-corrected chi connectivity index (χ3v) is 4.87. The van der Waals surface area contributed by atoms with E-state index in [0.717, 1.165) is 35.3 Å². The Balaban J connectivity index is 1.63. The SMILES string of the molecule is Cc1nn(C)c2nc([C@H]3CCCN(C(=O)CNC(=O)OC(C)(C)C)C3)ccc12. The number of ether oxygens (including phenoxy) is 1. The standard InChI is InChI=1S/C20H29N5O3/c1-13-15-8-9-16(22-18(15)24(5)23-13)14-7-6-10-25(12-14)17(26)11-21-19(27)28-20(2,3)4/h8-9,14H,6-7,10-12H2,1-5H3,(H,21,27)/t14-/m0/s1. The van der Waals surface area contributed by atoms with Crippen LogP contribution in [-0.4, -0.2) is 56.9 Å². The zero-order valence-electron chi connectivity index (χ0n) is 17.3. The van der Waals surface area contributed by atoms with Crippen molar-refractivity contribution in [2.45, 2.75) is 52.1 Å². The second-order valence-corrected chi connectivity index (χ2v) is 8.35. The van der Waals surface area contributed by atoms with Gasteiger partial charge in [0.05, 0.1) is 5.69 Å². The fourth-order valence-electron chi connectivity index (χ4n) is 3.56. The van der Waals surface area contributed by atoms with Crippen molar-refractivity contribution in [2.75, 3.05) is 19.6 Å². The molecule has 1 saturated heterocycles. The summed E-state index contributed by atoms with van der Waals surface area (Å²) >= 11 is 0. The summed E-state index contributed by atoms with van der Waals surface area (Å²) in [7, 11) is 1.89. The molecule has 2 aromatic heterocycles. The molecule has 8 nitrogen and oxygen atoms in total. The Morgan fingerprint density at radius 1 is 1.32 bits per heavy atom. The predicted molar refractivity (Wildman–Crippen MR) is 106 cm³/mol. The Kier molecular flexibility index (Phi) is 5.58. The van der Waals surface area contributed by atoms with Gasteiger partial charge in [0.15, 0.2) is 5.65 Å². The molecule has 1 aliphatic rings. The zero-order chi connectivity index (χ0) is 20.5. The second-order valence-electron chi connectivity index (χ2n) is 8.35. The maximum atomic E-state index is 12.5. The number of aromatic nitrogens is 3. The van der Waals surface area contributed by atoms with Gasteiger partial charge in [0.1, 0.15) is 12.1 Å². The lowest BCUT2D eigenvalue weighted by Crippen LogP contribution is -2.45. The number of nitrogens with one attached hydrogen (secondary N) is 1. The topological polar surface area (TPSA) is 89.4 Å². The molecule has 1 N–H and O–H groups in total. The number of fused-ring (bicyclic) bond motifs is 1. The van der Waals surface area contributed by atoms with Crippen LogP contribution in [0.2, 0.25) is 0 Å². The number of nitrogens with zero attached hydrogens (tertiary/aromatic N) is 4. The van der Waals surface area contributed by atoms with E-state index in [1.54, 1.807) is 30.4 Å². The molecule has 8 heteroatoms. The Bertz CT molecular complexity index is 884. The minimum atomic E-state index is -0.585. The highest BCUT2D eigenvalue weighted by molar-refractivity contribution is 5.82. The molecule has 1 fully saturated rings. The summed E-state index contributed by atoms with van der Waals surface area (Å²) in [6, 6.07) is 4.10. The van der Waals surface area contributed by atoms with Gasteiger partial charge in [-0.05, 0) is 52.7 Å². The lowest BCUT2D eigenvalue weighted by Gasteiger charge is -2.32. The predicted octanol–water partition coefficient (Wildman–Crippen LogP) is 2.51. The van der Waals surface area contributed by atoms with Gasteiger partial charge in [0.25, 0.3) is 0 Å². The summed E-state index contributed by atoms with van der Waals surface area (Å²) in [5.74, 6) is 0.0758. The van der Waals surface area contributed by atoms with Gasteiger partial charge in [-0.3, -0.25) is 9.48 Å². The monoisotopic (exact) mass is 387 g/mol. The van der Waals surface area contributed by atoms with Crippen LogP contribution in [0.15, 0.2) is 12.1 Å². The number of piperidine rings is 1. The molecule has 3 heterocycles. The molecular weight excluding hydrogens is 358 g/mol. The van der Waals surface area contributed by atoms with Crippen LogP contribution < -0.4 is 5.32 Å². The third kappa shape index (κ3) is 4.61. The molecule has 0 unspecified atom stereocenters. The second kappa shape index (κ2) is 7.77. The molecule has 0 saturated carbocycles. The highest BCUT2D eigenvalue weighted by atomic mass is 16.6. The molecular formula is C20H29N5O3. The Hall–Kier alpha value is -2.64. The number of carbonyl (C=O) groups is 2. The molecule has 2 aromatic rings. The molecule has 0 spiro atoms. The summed E-state index contributed by atoms with van der Waals surface area (Å²) in [6.45, 7) is 8.57. The normalized spacial score (nSPS) is 17.6. The van der Waals surface area contributed by atoms with Gasteiger partial charge in [0.2, 0.25) is 5.91 Å². The fraction of sp³-hybridized carbons (Fsp3) is 0.600. The van der Waals surface area contributed by atoms with Crippen LogP contribution in [0.1, 0.15) is 50.9 Å². The summed E-state index contributed by atoms with van der Waals surface area (Å²) in [6.07, 6.45) is 1.32. The van der Waals surface area contributed by atoms with Gasteiger partial charge >= 0.3 is 6.09 Å². The van der Waals surface area contributed by atoms with E-state index in [4.69, 9.17) is 9.72 Å². The number of amides is 2. The van der Waals surface area contributed by atoms with E-state index in [-0.39, 0.29) is 18.4 Å². The quantitative estimate of drug-likeness (QED) is 0.874. The van der Waals surface area contributed by atoms with Crippen LogP contribution in [0.3, 0.4) is 0 Å². The van der Waals surface area contributed by atoms with Crippen LogP contribution in [0.25, 0.3) is 11.0 Å². The number of pyridine rings is 1. The van der Waals surface area contributed by atoms with Crippen molar-refractivity contribution in [2.24, 2.45) is 7.05 Å². The molecule has 28 heavy (non-hydrogen) atoms. The largest absolute Gasteiger partial charge is 0.444 e. The van der Waals surface area contributed by atoms with E-state index in [2.05, 4.69) is 16.5 Å².